The molecule has 1 atom stereocenters. The fraction of sp³-hybridized carbons (Fsp3) is 0.462. The smallest absolute Gasteiger partial charge is 0.118 e. The number of rotatable bonds is 7. The highest BCUT2D eigenvalue weighted by Crippen LogP contribution is 2.13. The third kappa shape index (κ3) is 3.92. The van der Waals surface area contributed by atoms with Crippen molar-refractivity contribution < 1.29 is 4.42 Å². The van der Waals surface area contributed by atoms with Crippen LogP contribution in [-0.4, -0.2) is 22.1 Å². The summed E-state index contributed by atoms with van der Waals surface area (Å²) in [7, 11) is 0. The highest BCUT2D eigenvalue weighted by atomic mass is 32.2. The first kappa shape index (κ1) is 13.2. The summed E-state index contributed by atoms with van der Waals surface area (Å²) < 4.78 is 7.63. The topological polar surface area (TPSA) is 43.0 Å². The van der Waals surface area contributed by atoms with E-state index >= 15 is 0 Å². The number of thioether (sulfide) groups is 1. The van der Waals surface area contributed by atoms with Gasteiger partial charge in [0.1, 0.15) is 11.5 Å². The van der Waals surface area contributed by atoms with Gasteiger partial charge in [-0.3, -0.25) is 4.68 Å². The van der Waals surface area contributed by atoms with Crippen molar-refractivity contribution in [3.63, 3.8) is 0 Å². The maximum absolute atomic E-state index is 5.70. The Morgan fingerprint density at radius 2 is 2.28 bits per heavy atom. The lowest BCUT2D eigenvalue weighted by atomic mass is 10.3. The van der Waals surface area contributed by atoms with Gasteiger partial charge in [0.15, 0.2) is 0 Å². The van der Waals surface area contributed by atoms with Crippen LogP contribution in [0.4, 0.5) is 0 Å². The Morgan fingerprint density at radius 1 is 1.44 bits per heavy atom. The standard InChI is InChI=1S/C13H19N3OS/c1-11(9-16-7-3-6-15-16)14-8-12-4-5-13(17-12)10-18-2/h3-7,11,14H,8-10H2,1-2H3. The van der Waals surface area contributed by atoms with Crippen LogP contribution in [0.25, 0.3) is 0 Å². The van der Waals surface area contributed by atoms with Crippen molar-refractivity contribution in [2.24, 2.45) is 0 Å². The summed E-state index contributed by atoms with van der Waals surface area (Å²) in [5.41, 5.74) is 0. The van der Waals surface area contributed by atoms with E-state index in [-0.39, 0.29) is 0 Å². The summed E-state index contributed by atoms with van der Waals surface area (Å²) in [6, 6.07) is 6.39. The molecule has 0 aliphatic rings. The quantitative estimate of drug-likeness (QED) is 0.835. The molecule has 0 bridgehead atoms. The molecule has 1 N–H and O–H groups in total. The molecule has 2 aromatic rings. The third-order valence-electron chi connectivity index (χ3n) is 2.65. The average Bonchev–Trinajstić information content (AvgIpc) is 2.99. The Labute approximate surface area is 112 Å². The van der Waals surface area contributed by atoms with Gasteiger partial charge in [-0.1, -0.05) is 0 Å². The van der Waals surface area contributed by atoms with Crippen LogP contribution in [0.15, 0.2) is 35.0 Å². The Hall–Kier alpha value is -1.20. The second-order valence-electron chi connectivity index (χ2n) is 4.31. The molecule has 0 aliphatic carbocycles. The molecule has 2 rings (SSSR count). The zero-order valence-corrected chi connectivity index (χ0v) is 11.6. The third-order valence-corrected chi connectivity index (χ3v) is 3.22. The van der Waals surface area contributed by atoms with Crippen LogP contribution < -0.4 is 5.32 Å². The van der Waals surface area contributed by atoms with Crippen LogP contribution >= 0.6 is 11.8 Å². The molecule has 0 fully saturated rings. The van der Waals surface area contributed by atoms with Gasteiger partial charge in [0.25, 0.3) is 0 Å². The van der Waals surface area contributed by atoms with Crippen LogP contribution in [0.2, 0.25) is 0 Å². The van der Waals surface area contributed by atoms with E-state index in [1.807, 2.05) is 29.1 Å². The van der Waals surface area contributed by atoms with E-state index < -0.39 is 0 Å². The predicted molar refractivity (Wildman–Crippen MR) is 74.5 cm³/mol. The van der Waals surface area contributed by atoms with Crippen LogP contribution in [0.3, 0.4) is 0 Å². The maximum atomic E-state index is 5.70. The van der Waals surface area contributed by atoms with E-state index in [1.54, 1.807) is 18.0 Å². The predicted octanol–water partition coefficient (Wildman–Crippen LogP) is 2.52. The van der Waals surface area contributed by atoms with Crippen molar-refractivity contribution in [2.75, 3.05) is 6.26 Å². The Morgan fingerprint density at radius 3 is 3.00 bits per heavy atom. The van der Waals surface area contributed by atoms with Gasteiger partial charge in [-0.2, -0.15) is 16.9 Å². The van der Waals surface area contributed by atoms with Crippen molar-refractivity contribution in [3.05, 3.63) is 42.1 Å². The monoisotopic (exact) mass is 265 g/mol. The summed E-state index contributed by atoms with van der Waals surface area (Å²) in [5, 5.41) is 7.62. The molecule has 0 amide bonds. The van der Waals surface area contributed by atoms with Gasteiger partial charge >= 0.3 is 0 Å². The lowest BCUT2D eigenvalue weighted by molar-refractivity contribution is 0.407. The summed E-state index contributed by atoms with van der Waals surface area (Å²) in [5.74, 6) is 2.97. The van der Waals surface area contributed by atoms with Gasteiger partial charge in [-0.25, -0.2) is 0 Å². The maximum Gasteiger partial charge on any atom is 0.118 e. The van der Waals surface area contributed by atoms with E-state index in [9.17, 15) is 0 Å². The van der Waals surface area contributed by atoms with E-state index in [0.29, 0.717) is 6.04 Å². The SMILES string of the molecule is CSCc1ccc(CNC(C)Cn2cccn2)o1. The molecular weight excluding hydrogens is 246 g/mol. The Bertz CT molecular complexity index is 453. The molecule has 0 saturated carbocycles. The molecule has 5 heteroatoms. The number of furan rings is 1. The fourth-order valence-electron chi connectivity index (χ4n) is 1.77. The number of aromatic nitrogens is 2. The van der Waals surface area contributed by atoms with E-state index in [2.05, 4.69) is 23.6 Å². The largest absolute Gasteiger partial charge is 0.464 e. The first-order chi connectivity index (χ1) is 8.78. The number of nitrogens with zero attached hydrogens (tertiary/aromatic N) is 2. The van der Waals surface area contributed by atoms with Gasteiger partial charge in [0.05, 0.1) is 18.8 Å². The minimum Gasteiger partial charge on any atom is -0.464 e. The van der Waals surface area contributed by atoms with Gasteiger partial charge in [-0.15, -0.1) is 0 Å². The molecule has 2 aromatic heterocycles. The van der Waals surface area contributed by atoms with Crippen LogP contribution in [0.1, 0.15) is 18.4 Å². The molecule has 0 aromatic carbocycles. The van der Waals surface area contributed by atoms with Crippen molar-refractivity contribution in [1.29, 1.82) is 0 Å². The summed E-state index contributed by atoms with van der Waals surface area (Å²) >= 11 is 1.77. The highest BCUT2D eigenvalue weighted by molar-refractivity contribution is 7.97. The lowest BCUT2D eigenvalue weighted by Crippen LogP contribution is -2.29. The van der Waals surface area contributed by atoms with Crippen LogP contribution in [0.5, 0.6) is 0 Å². The van der Waals surface area contributed by atoms with Crippen LogP contribution in [0, 0.1) is 0 Å². The summed E-state index contributed by atoms with van der Waals surface area (Å²) in [6.07, 6.45) is 5.85. The lowest BCUT2D eigenvalue weighted by Gasteiger charge is -2.12. The minimum absolute atomic E-state index is 0.360. The van der Waals surface area contributed by atoms with E-state index in [4.69, 9.17) is 4.42 Å². The zero-order chi connectivity index (χ0) is 12.8. The first-order valence-corrected chi connectivity index (χ1v) is 7.44. The molecule has 0 spiro atoms. The van der Waals surface area contributed by atoms with Gasteiger partial charge in [0, 0.05) is 18.4 Å². The fourth-order valence-corrected chi connectivity index (χ4v) is 2.21. The number of hydrogen-bond acceptors (Lipinski definition) is 4. The Balaban J connectivity index is 1.76. The molecule has 4 nitrogen and oxygen atoms in total. The Kier molecular flexibility index (Phi) is 4.90. The van der Waals surface area contributed by atoms with Gasteiger partial charge < -0.3 is 9.73 Å². The first-order valence-electron chi connectivity index (χ1n) is 6.05. The number of hydrogen-bond donors (Lipinski definition) is 1. The molecule has 0 radical (unpaired) electrons. The normalized spacial score (nSPS) is 12.8. The van der Waals surface area contributed by atoms with Gasteiger partial charge in [-0.05, 0) is 31.4 Å². The molecular formula is C13H19N3OS. The van der Waals surface area contributed by atoms with Gasteiger partial charge in [0.2, 0.25) is 0 Å². The van der Waals surface area contributed by atoms with Crippen molar-refractivity contribution in [2.45, 2.75) is 31.8 Å². The minimum atomic E-state index is 0.360. The average molecular weight is 265 g/mol. The molecule has 18 heavy (non-hydrogen) atoms. The van der Waals surface area contributed by atoms with Crippen molar-refractivity contribution in [3.8, 4) is 0 Å². The zero-order valence-electron chi connectivity index (χ0n) is 10.8. The molecule has 0 aliphatic heterocycles. The van der Waals surface area contributed by atoms with Crippen molar-refractivity contribution >= 4 is 11.8 Å². The molecule has 98 valence electrons. The van der Waals surface area contributed by atoms with E-state index in [0.717, 1.165) is 30.4 Å². The second-order valence-corrected chi connectivity index (χ2v) is 5.18. The molecule has 0 saturated heterocycles. The number of nitrogens with one attached hydrogen (secondary N) is 1. The van der Waals surface area contributed by atoms with Crippen LogP contribution in [-0.2, 0) is 18.8 Å². The van der Waals surface area contributed by atoms with E-state index in [1.165, 1.54) is 0 Å². The van der Waals surface area contributed by atoms with Crippen molar-refractivity contribution in [1.82, 2.24) is 15.1 Å². The molecule has 2 heterocycles. The summed E-state index contributed by atoms with van der Waals surface area (Å²) in [6.45, 7) is 3.77. The second kappa shape index (κ2) is 6.66. The highest BCUT2D eigenvalue weighted by Gasteiger charge is 2.05. The summed E-state index contributed by atoms with van der Waals surface area (Å²) in [4.78, 5) is 0. The molecule has 1 unspecified atom stereocenters.